The van der Waals surface area contributed by atoms with Crippen molar-refractivity contribution < 1.29 is 27.4 Å². The van der Waals surface area contributed by atoms with Crippen molar-refractivity contribution in [1.29, 1.82) is 0 Å². The zero-order valence-corrected chi connectivity index (χ0v) is 16.7. The Labute approximate surface area is 173 Å². The first-order valence-electron chi connectivity index (χ1n) is 8.82. The van der Waals surface area contributed by atoms with Gasteiger partial charge in [-0.05, 0) is 36.7 Å². The zero-order chi connectivity index (χ0) is 20.3. The summed E-state index contributed by atoms with van der Waals surface area (Å²) >= 11 is 0. The van der Waals surface area contributed by atoms with E-state index in [-0.39, 0.29) is 35.4 Å². The molecule has 3 rings (SSSR count). The average Bonchev–Trinajstić information content (AvgIpc) is 2.70. The largest absolute Gasteiger partial charge is 0.493 e. The van der Waals surface area contributed by atoms with Crippen molar-refractivity contribution in [3.05, 3.63) is 58.9 Å². The molecule has 158 valence electrons. The smallest absolute Gasteiger partial charge is 0.254 e. The molecule has 1 amide bonds. The maximum atomic E-state index is 14.4. The van der Waals surface area contributed by atoms with Crippen LogP contribution in [0.4, 0.5) is 13.2 Å². The summed E-state index contributed by atoms with van der Waals surface area (Å²) in [5, 5.41) is 5.95. The molecular weight excluding hydrogens is 409 g/mol. The van der Waals surface area contributed by atoms with Crippen LogP contribution in [0.15, 0.2) is 30.3 Å². The highest BCUT2D eigenvalue weighted by molar-refractivity contribution is 5.95. The Morgan fingerprint density at radius 1 is 1.03 bits per heavy atom. The molecule has 2 unspecified atom stereocenters. The van der Waals surface area contributed by atoms with Crippen LogP contribution in [0.3, 0.4) is 0 Å². The molecule has 29 heavy (non-hydrogen) atoms. The van der Waals surface area contributed by atoms with Crippen LogP contribution in [0.2, 0.25) is 0 Å². The summed E-state index contributed by atoms with van der Waals surface area (Å²) in [7, 11) is 2.76. The summed E-state index contributed by atoms with van der Waals surface area (Å²) in [5.41, 5.74) is 0.394. The minimum Gasteiger partial charge on any atom is -0.493 e. The van der Waals surface area contributed by atoms with Crippen LogP contribution in [-0.2, 0) is 0 Å². The van der Waals surface area contributed by atoms with Gasteiger partial charge in [0, 0.05) is 24.6 Å². The molecule has 1 heterocycles. The van der Waals surface area contributed by atoms with Crippen molar-refractivity contribution in [2.24, 2.45) is 0 Å². The van der Waals surface area contributed by atoms with Crippen molar-refractivity contribution in [2.45, 2.75) is 18.4 Å². The summed E-state index contributed by atoms with van der Waals surface area (Å²) in [6.07, 6.45) is 0.616. The summed E-state index contributed by atoms with van der Waals surface area (Å²) in [6, 6.07) is 5.65. The summed E-state index contributed by atoms with van der Waals surface area (Å²) in [4.78, 5) is 12.7. The predicted octanol–water partition coefficient (Wildman–Crippen LogP) is 3.42. The molecule has 1 fully saturated rings. The standard InChI is InChI=1S/C20H21F3N2O3.ClH/c1-27-18-8-13(15(22)9-19(18)28-2)20(26)25-17-10-24-6-5-12(17)11-3-4-14(21)16(23)7-11;/h3-4,7-9,12,17,24H,5-6,10H2,1-2H3,(H,25,26);1H. The van der Waals surface area contributed by atoms with Crippen LogP contribution < -0.4 is 20.1 Å². The molecule has 9 heteroatoms. The zero-order valence-electron chi connectivity index (χ0n) is 15.9. The lowest BCUT2D eigenvalue weighted by molar-refractivity contribution is 0.0920. The van der Waals surface area contributed by atoms with Gasteiger partial charge in [0.25, 0.3) is 5.91 Å². The molecular formula is C20H22ClF3N2O3. The molecule has 2 aromatic carbocycles. The number of ether oxygens (including phenoxy) is 2. The first-order valence-corrected chi connectivity index (χ1v) is 8.82. The average molecular weight is 431 g/mol. The highest BCUT2D eigenvalue weighted by Crippen LogP contribution is 2.31. The number of amides is 1. The molecule has 0 saturated carbocycles. The van der Waals surface area contributed by atoms with Crippen LogP contribution in [-0.4, -0.2) is 39.3 Å². The lowest BCUT2D eigenvalue weighted by Crippen LogP contribution is -2.50. The fraction of sp³-hybridized carbons (Fsp3) is 0.350. The van der Waals surface area contributed by atoms with Gasteiger partial charge in [0.1, 0.15) is 5.82 Å². The van der Waals surface area contributed by atoms with E-state index in [4.69, 9.17) is 9.47 Å². The quantitative estimate of drug-likeness (QED) is 0.763. The molecule has 2 aromatic rings. The number of methoxy groups -OCH3 is 2. The van der Waals surface area contributed by atoms with E-state index < -0.39 is 29.4 Å². The molecule has 5 nitrogen and oxygen atoms in total. The number of hydrogen-bond acceptors (Lipinski definition) is 4. The third kappa shape index (κ3) is 4.94. The van der Waals surface area contributed by atoms with Gasteiger partial charge in [-0.25, -0.2) is 13.2 Å². The first-order chi connectivity index (χ1) is 13.4. The van der Waals surface area contributed by atoms with E-state index in [9.17, 15) is 18.0 Å². The Kier molecular flexibility index (Phi) is 7.75. The van der Waals surface area contributed by atoms with E-state index >= 15 is 0 Å². The number of nitrogens with one attached hydrogen (secondary N) is 2. The van der Waals surface area contributed by atoms with Gasteiger partial charge in [0.05, 0.1) is 19.8 Å². The van der Waals surface area contributed by atoms with Gasteiger partial charge < -0.3 is 20.1 Å². The molecule has 2 N–H and O–H groups in total. The van der Waals surface area contributed by atoms with E-state index in [1.807, 2.05) is 0 Å². The van der Waals surface area contributed by atoms with Crippen LogP contribution >= 0.6 is 12.4 Å². The Morgan fingerprint density at radius 2 is 1.72 bits per heavy atom. The monoisotopic (exact) mass is 430 g/mol. The van der Waals surface area contributed by atoms with Crippen molar-refractivity contribution >= 4 is 18.3 Å². The van der Waals surface area contributed by atoms with Crippen molar-refractivity contribution in [1.82, 2.24) is 10.6 Å². The summed E-state index contributed by atoms with van der Waals surface area (Å²) in [6.45, 7) is 1.09. The van der Waals surface area contributed by atoms with Crippen LogP contribution in [0, 0.1) is 17.5 Å². The number of hydrogen-bond donors (Lipinski definition) is 2. The lowest BCUT2D eigenvalue weighted by Gasteiger charge is -2.33. The molecule has 1 aliphatic heterocycles. The first kappa shape index (κ1) is 22.8. The third-order valence-corrected chi connectivity index (χ3v) is 4.89. The molecule has 0 aliphatic carbocycles. The summed E-state index contributed by atoms with van der Waals surface area (Å²) in [5.74, 6) is -3.06. The molecule has 0 radical (unpaired) electrons. The lowest BCUT2D eigenvalue weighted by atomic mass is 9.85. The maximum Gasteiger partial charge on any atom is 0.254 e. The maximum absolute atomic E-state index is 14.4. The topological polar surface area (TPSA) is 59.6 Å². The Bertz CT molecular complexity index is 882. The number of piperidine rings is 1. The van der Waals surface area contributed by atoms with Gasteiger partial charge in [-0.15, -0.1) is 12.4 Å². The van der Waals surface area contributed by atoms with Gasteiger partial charge in [-0.1, -0.05) is 6.07 Å². The van der Waals surface area contributed by atoms with E-state index in [0.29, 0.717) is 25.1 Å². The minimum atomic E-state index is -0.938. The fourth-order valence-corrected chi connectivity index (χ4v) is 3.43. The van der Waals surface area contributed by atoms with E-state index in [1.165, 1.54) is 26.4 Å². The highest BCUT2D eigenvalue weighted by atomic mass is 35.5. The minimum absolute atomic E-state index is 0. The number of benzene rings is 2. The van der Waals surface area contributed by atoms with Crippen molar-refractivity contribution in [3.63, 3.8) is 0 Å². The van der Waals surface area contributed by atoms with Gasteiger partial charge in [0.15, 0.2) is 23.1 Å². The number of rotatable bonds is 5. The van der Waals surface area contributed by atoms with Crippen LogP contribution in [0.1, 0.15) is 28.3 Å². The second-order valence-electron chi connectivity index (χ2n) is 6.54. The van der Waals surface area contributed by atoms with Crippen molar-refractivity contribution in [3.8, 4) is 11.5 Å². The second-order valence-corrected chi connectivity index (χ2v) is 6.54. The summed E-state index contributed by atoms with van der Waals surface area (Å²) < 4.78 is 51.4. The van der Waals surface area contributed by atoms with Gasteiger partial charge in [-0.3, -0.25) is 4.79 Å². The number of carbonyl (C=O) groups excluding carboxylic acids is 1. The normalized spacial score (nSPS) is 18.5. The number of carbonyl (C=O) groups is 1. The van der Waals surface area contributed by atoms with Crippen LogP contribution in [0.25, 0.3) is 0 Å². The number of halogens is 4. The van der Waals surface area contributed by atoms with E-state index in [2.05, 4.69) is 10.6 Å². The predicted molar refractivity (Wildman–Crippen MR) is 105 cm³/mol. The van der Waals surface area contributed by atoms with Gasteiger partial charge in [0.2, 0.25) is 0 Å². The fourth-order valence-electron chi connectivity index (χ4n) is 3.43. The van der Waals surface area contributed by atoms with E-state index in [0.717, 1.165) is 18.2 Å². The molecule has 0 aromatic heterocycles. The second kappa shape index (κ2) is 9.84. The Morgan fingerprint density at radius 3 is 2.38 bits per heavy atom. The highest BCUT2D eigenvalue weighted by Gasteiger charge is 2.29. The van der Waals surface area contributed by atoms with Gasteiger partial charge in [-0.2, -0.15) is 0 Å². The molecule has 1 aliphatic rings. The van der Waals surface area contributed by atoms with Crippen LogP contribution in [0.5, 0.6) is 11.5 Å². The Balaban J connectivity index is 0.00000300. The molecule has 0 spiro atoms. The van der Waals surface area contributed by atoms with E-state index in [1.54, 1.807) is 0 Å². The molecule has 2 atom stereocenters. The Hall–Kier alpha value is -2.45. The SMILES string of the molecule is COc1cc(F)c(C(=O)NC2CNCCC2c2ccc(F)c(F)c2)cc1OC.Cl. The molecule has 0 bridgehead atoms. The molecule has 1 saturated heterocycles. The van der Waals surface area contributed by atoms with Crippen molar-refractivity contribution in [2.75, 3.05) is 27.3 Å². The van der Waals surface area contributed by atoms with Gasteiger partial charge >= 0.3 is 0 Å². The third-order valence-electron chi connectivity index (χ3n) is 4.89.